The normalized spacial score (nSPS) is 10.2. The van der Waals surface area contributed by atoms with Gasteiger partial charge in [-0.2, -0.15) is 0 Å². The van der Waals surface area contributed by atoms with Crippen molar-refractivity contribution in [2.45, 2.75) is 6.42 Å². The number of aromatic nitrogens is 1. The number of halogens is 2. The van der Waals surface area contributed by atoms with Gasteiger partial charge >= 0.3 is 0 Å². The number of anilines is 1. The van der Waals surface area contributed by atoms with Crippen LogP contribution < -0.4 is 10.6 Å². The number of pyridine rings is 1. The highest BCUT2D eigenvalue weighted by atomic mass is 79.9. The maximum atomic E-state index is 5.21. The molecule has 0 aliphatic carbocycles. The summed E-state index contributed by atoms with van der Waals surface area (Å²) in [6.07, 6.45) is 2.68. The van der Waals surface area contributed by atoms with E-state index in [0.717, 1.165) is 27.0 Å². The van der Waals surface area contributed by atoms with E-state index >= 15 is 0 Å². The van der Waals surface area contributed by atoms with Gasteiger partial charge in [0.25, 0.3) is 0 Å². The Balaban J connectivity index is 1.74. The average molecular weight is 421 g/mol. The molecule has 2 rings (SSSR count). The van der Waals surface area contributed by atoms with Crippen LogP contribution in [-0.2, 0) is 6.42 Å². The van der Waals surface area contributed by atoms with Crippen LogP contribution in [0.5, 0.6) is 0 Å². The number of thiocarbonyl (C=S) groups is 1. The van der Waals surface area contributed by atoms with Gasteiger partial charge in [-0.3, -0.25) is 0 Å². The molecule has 3 nitrogen and oxygen atoms in total. The van der Waals surface area contributed by atoms with Crippen LogP contribution in [0.1, 0.15) is 4.88 Å². The second-order valence-electron chi connectivity index (χ2n) is 3.70. The molecule has 0 aliphatic rings. The van der Waals surface area contributed by atoms with E-state index < -0.39 is 0 Å². The van der Waals surface area contributed by atoms with Crippen LogP contribution in [0, 0.1) is 0 Å². The molecule has 0 aromatic carbocycles. The fraction of sp³-hybridized carbons (Fsp3) is 0.167. The molecule has 0 fully saturated rings. The monoisotopic (exact) mass is 419 g/mol. The van der Waals surface area contributed by atoms with Crippen molar-refractivity contribution in [3.63, 3.8) is 0 Å². The molecule has 0 aliphatic heterocycles. The molecule has 2 N–H and O–H groups in total. The van der Waals surface area contributed by atoms with Crippen LogP contribution in [-0.4, -0.2) is 16.6 Å². The van der Waals surface area contributed by atoms with Crippen molar-refractivity contribution >= 4 is 66.3 Å². The highest BCUT2D eigenvalue weighted by Crippen LogP contribution is 2.22. The van der Waals surface area contributed by atoms with Crippen molar-refractivity contribution in [1.29, 1.82) is 0 Å². The van der Waals surface area contributed by atoms with E-state index in [-0.39, 0.29) is 0 Å². The van der Waals surface area contributed by atoms with E-state index in [2.05, 4.69) is 59.6 Å². The summed E-state index contributed by atoms with van der Waals surface area (Å²) in [7, 11) is 0. The quantitative estimate of drug-likeness (QED) is 0.727. The van der Waals surface area contributed by atoms with Gasteiger partial charge in [-0.25, -0.2) is 4.98 Å². The summed E-state index contributed by atoms with van der Waals surface area (Å²) in [6, 6.07) is 7.96. The van der Waals surface area contributed by atoms with Gasteiger partial charge in [0.1, 0.15) is 5.82 Å². The molecule has 0 saturated heterocycles. The molecule has 19 heavy (non-hydrogen) atoms. The van der Waals surface area contributed by atoms with Crippen LogP contribution in [0.2, 0.25) is 0 Å². The van der Waals surface area contributed by atoms with Crippen LogP contribution in [0.15, 0.2) is 38.7 Å². The second kappa shape index (κ2) is 7.33. The Hall–Kier alpha value is -0.500. The SMILES string of the molecule is S=C(NCCc1ccc(Br)s1)Nc1ccc(Br)cn1. The van der Waals surface area contributed by atoms with Gasteiger partial charge in [0.2, 0.25) is 0 Å². The van der Waals surface area contributed by atoms with Crippen LogP contribution in [0.4, 0.5) is 5.82 Å². The third-order valence-electron chi connectivity index (χ3n) is 2.25. The highest BCUT2D eigenvalue weighted by Gasteiger charge is 2.00. The van der Waals surface area contributed by atoms with Gasteiger partial charge in [0.15, 0.2) is 5.11 Å². The number of nitrogens with one attached hydrogen (secondary N) is 2. The summed E-state index contributed by atoms with van der Waals surface area (Å²) in [5.74, 6) is 0.736. The van der Waals surface area contributed by atoms with Crippen molar-refractivity contribution in [2.24, 2.45) is 0 Å². The first kappa shape index (κ1) is 14.9. The summed E-state index contributed by atoms with van der Waals surface area (Å²) in [5, 5.41) is 6.79. The minimum Gasteiger partial charge on any atom is -0.362 e. The smallest absolute Gasteiger partial charge is 0.171 e. The lowest BCUT2D eigenvalue weighted by Crippen LogP contribution is -2.30. The van der Waals surface area contributed by atoms with E-state index in [1.807, 2.05) is 12.1 Å². The summed E-state index contributed by atoms with van der Waals surface area (Å²) in [6.45, 7) is 0.801. The predicted molar refractivity (Wildman–Crippen MR) is 91.9 cm³/mol. The molecule has 100 valence electrons. The molecule has 2 aromatic heterocycles. The van der Waals surface area contributed by atoms with Crippen LogP contribution >= 0.6 is 55.4 Å². The summed E-state index contributed by atoms with van der Waals surface area (Å²) >= 11 is 13.7. The average Bonchev–Trinajstić information content (AvgIpc) is 2.78. The Bertz CT molecular complexity index is 554. The van der Waals surface area contributed by atoms with Crippen LogP contribution in [0.25, 0.3) is 0 Å². The summed E-state index contributed by atoms with van der Waals surface area (Å²) in [5.41, 5.74) is 0. The van der Waals surface area contributed by atoms with Gasteiger partial charge in [-0.1, -0.05) is 0 Å². The maximum Gasteiger partial charge on any atom is 0.171 e. The van der Waals surface area contributed by atoms with Crippen LogP contribution in [0.3, 0.4) is 0 Å². The molecule has 0 saturated carbocycles. The molecule has 0 unspecified atom stereocenters. The minimum atomic E-state index is 0.588. The highest BCUT2D eigenvalue weighted by molar-refractivity contribution is 9.11. The minimum absolute atomic E-state index is 0.588. The Morgan fingerprint density at radius 2 is 2.11 bits per heavy atom. The first-order valence-corrected chi connectivity index (χ1v) is 8.35. The van der Waals surface area contributed by atoms with E-state index in [1.54, 1.807) is 17.5 Å². The fourth-order valence-corrected chi connectivity index (χ4v) is 3.32. The summed E-state index contributed by atoms with van der Waals surface area (Å²) in [4.78, 5) is 5.52. The van der Waals surface area contributed by atoms with Gasteiger partial charge in [0.05, 0.1) is 3.79 Å². The third-order valence-corrected chi connectivity index (χ3v) is 4.65. The molecule has 0 spiro atoms. The van der Waals surface area contributed by atoms with Crippen molar-refractivity contribution in [3.8, 4) is 0 Å². The van der Waals surface area contributed by atoms with Crippen molar-refractivity contribution < 1.29 is 0 Å². The molecule has 2 aromatic rings. The van der Waals surface area contributed by atoms with Gasteiger partial charge in [0, 0.05) is 22.1 Å². The molecule has 0 atom stereocenters. The molecular formula is C12H11Br2N3S2. The number of rotatable bonds is 4. The summed E-state index contributed by atoms with van der Waals surface area (Å²) < 4.78 is 2.10. The number of thiophene rings is 1. The number of hydrogen-bond donors (Lipinski definition) is 2. The molecule has 0 radical (unpaired) electrons. The maximum absolute atomic E-state index is 5.21. The molecule has 0 bridgehead atoms. The number of hydrogen-bond acceptors (Lipinski definition) is 3. The molecule has 0 amide bonds. The zero-order valence-corrected chi connectivity index (χ0v) is 14.6. The van der Waals surface area contributed by atoms with Crippen molar-refractivity contribution in [3.05, 3.63) is 43.6 Å². The Labute approximate surface area is 138 Å². The second-order valence-corrected chi connectivity index (χ2v) is 7.57. The van der Waals surface area contributed by atoms with Crippen molar-refractivity contribution in [2.75, 3.05) is 11.9 Å². The first-order valence-electron chi connectivity index (χ1n) is 5.54. The Morgan fingerprint density at radius 1 is 1.26 bits per heavy atom. The Kier molecular flexibility index (Phi) is 5.75. The first-order chi connectivity index (χ1) is 9.13. The molecular weight excluding hydrogens is 410 g/mol. The van der Waals surface area contributed by atoms with Gasteiger partial charge in [-0.15, -0.1) is 11.3 Å². The third kappa shape index (κ3) is 5.18. The van der Waals surface area contributed by atoms with Crippen molar-refractivity contribution in [1.82, 2.24) is 10.3 Å². The largest absolute Gasteiger partial charge is 0.362 e. The molecule has 7 heteroatoms. The lowest BCUT2D eigenvalue weighted by Gasteiger charge is -2.09. The lowest BCUT2D eigenvalue weighted by atomic mass is 10.3. The molecule has 2 heterocycles. The topological polar surface area (TPSA) is 37.0 Å². The fourth-order valence-electron chi connectivity index (χ4n) is 1.40. The Morgan fingerprint density at radius 3 is 2.74 bits per heavy atom. The zero-order valence-electron chi connectivity index (χ0n) is 9.82. The van der Waals surface area contributed by atoms with Gasteiger partial charge in [-0.05, 0) is 74.8 Å². The van der Waals surface area contributed by atoms with E-state index in [4.69, 9.17) is 12.2 Å². The predicted octanol–water partition coefficient (Wildman–Crippen LogP) is 4.20. The zero-order chi connectivity index (χ0) is 13.7. The van der Waals surface area contributed by atoms with Gasteiger partial charge < -0.3 is 10.6 Å². The van der Waals surface area contributed by atoms with E-state index in [9.17, 15) is 0 Å². The van der Waals surface area contributed by atoms with E-state index in [1.165, 1.54) is 4.88 Å². The van der Waals surface area contributed by atoms with E-state index in [0.29, 0.717) is 5.11 Å². The number of nitrogens with zero attached hydrogens (tertiary/aromatic N) is 1. The lowest BCUT2D eigenvalue weighted by molar-refractivity contribution is 0.884. The standard InChI is InChI=1S/C12H11Br2N3S2/c13-8-1-4-11(16-7-8)17-12(18)15-6-5-9-2-3-10(14)19-9/h1-4,7H,5-6H2,(H2,15,16,17,18).